The monoisotopic (exact) mass is 906 g/mol. The molecule has 0 radical (unpaired) electrons. The third kappa shape index (κ3) is 32.6. The van der Waals surface area contributed by atoms with Gasteiger partial charge in [-0.2, -0.15) is 0 Å². The van der Waals surface area contributed by atoms with Gasteiger partial charge in [0.15, 0.2) is 10.2 Å². The zero-order valence-electron chi connectivity index (χ0n) is 35.5. The third-order valence-electron chi connectivity index (χ3n) is 6.30. The Morgan fingerprint density at radius 1 is 0.500 bits per heavy atom. The van der Waals surface area contributed by atoms with E-state index < -0.39 is 117 Å². The average molecular weight is 907 g/mol. The zero-order chi connectivity index (χ0) is 47.8. The van der Waals surface area contributed by atoms with Crippen LogP contribution < -0.4 is 42.5 Å². The van der Waals surface area contributed by atoms with Crippen molar-refractivity contribution in [2.75, 3.05) is 71.8 Å². The number of hydrogen-bond donors (Lipinski definition) is 14. The first-order valence-corrected chi connectivity index (χ1v) is 20.4. The molecule has 0 spiro atoms. The minimum absolute atomic E-state index is 0.00731. The lowest BCUT2D eigenvalue weighted by Gasteiger charge is -2.22. The Bertz CT molecular complexity index is 1280. The van der Waals surface area contributed by atoms with Crippen molar-refractivity contribution in [1.29, 1.82) is 0 Å². The summed E-state index contributed by atoms with van der Waals surface area (Å²) < 4.78 is 0. The summed E-state index contributed by atoms with van der Waals surface area (Å²) >= 11 is 1.74. The van der Waals surface area contributed by atoms with Crippen LogP contribution in [0.2, 0.25) is 0 Å². The highest BCUT2D eigenvalue weighted by Gasteiger charge is 2.29. The molecule has 24 nitrogen and oxygen atoms in total. The first kappa shape index (κ1) is 64.9. The molecule has 0 aromatic heterocycles. The van der Waals surface area contributed by atoms with E-state index in [1.807, 2.05) is 27.7 Å². The predicted molar refractivity (Wildman–Crippen MR) is 223 cm³/mol. The molecule has 0 aliphatic rings. The molecule has 60 heavy (non-hydrogen) atoms. The van der Waals surface area contributed by atoms with E-state index in [1.54, 1.807) is 6.92 Å². The van der Waals surface area contributed by atoms with Gasteiger partial charge < -0.3 is 78.0 Å². The molecule has 26 heteroatoms. The molecule has 0 bridgehead atoms. The second kappa shape index (κ2) is 42.8. The van der Waals surface area contributed by atoms with Gasteiger partial charge in [0.25, 0.3) is 0 Å². The number of amides is 7. The molecule has 3 unspecified atom stereocenters. The lowest BCUT2D eigenvalue weighted by Crippen LogP contribution is -2.59. The summed E-state index contributed by atoms with van der Waals surface area (Å²) in [5.41, 5.74) is 0. The summed E-state index contributed by atoms with van der Waals surface area (Å²) in [6.07, 6.45) is 0.714. The first-order valence-electron chi connectivity index (χ1n) is 18.4. The summed E-state index contributed by atoms with van der Waals surface area (Å²) in [5, 5.41) is 72.6. The van der Waals surface area contributed by atoms with Crippen LogP contribution in [0, 0.1) is 0 Å². The molecular weight excluding hydrogens is 841 g/mol. The summed E-state index contributed by atoms with van der Waals surface area (Å²) in [7, 11) is 2.78. The van der Waals surface area contributed by atoms with Crippen LogP contribution in [-0.4, -0.2) is 197 Å². The van der Waals surface area contributed by atoms with Crippen molar-refractivity contribution < 1.29 is 78.6 Å². The molecular formula is C34H66N8O16S2. The van der Waals surface area contributed by atoms with Gasteiger partial charge in [-0.25, -0.2) is 0 Å². The molecule has 7 amide bonds. The van der Waals surface area contributed by atoms with Crippen LogP contribution in [0.5, 0.6) is 0 Å². The third-order valence-corrected chi connectivity index (χ3v) is 7.82. The Labute approximate surface area is 358 Å². The van der Waals surface area contributed by atoms with Crippen molar-refractivity contribution in [2.24, 2.45) is 0 Å². The Morgan fingerprint density at radius 3 is 1.08 bits per heavy atom. The molecule has 0 aliphatic carbocycles. The largest absolute Gasteiger partial charge is 0.394 e. The van der Waals surface area contributed by atoms with E-state index in [2.05, 4.69) is 42.5 Å². The normalized spacial score (nSPS) is 12.7. The fraction of sp³-hybridized carbons (Fsp3) is 0.706. The Kier molecular flexibility index (Phi) is 46.3. The minimum Gasteiger partial charge on any atom is -0.394 e. The average Bonchev–Trinajstić information content (AvgIpc) is 3.24. The standard InChI is InChI=1S/C15H26N4O8S.C11H22N4O6.C4H6O2S.2C2H6/c1-3-16-13(25)9(4-20)18-15(27)11(6-22)19-14(26)10(5-21)17-12(24)7-28-8(2)23;1-12-6(3-16)10(20)15-8(5-18)11(21)14-7(4-17)9(19)13-2;1-4(6)7-3-2-5;2*1-2/h9-11,20-22H,3-7H2,1-2H3,(H,16,25)(H,17,24)(H,18,27)(H,19,26);6-8,12,16-18H,3-5H2,1-2H3,(H,13,19)(H,14,21)(H,15,20);2H,3H2,1H3;2*1-2H3/t9-,10-,11?;6?,7?,8-;;;/m01.../s1. The smallest absolute Gasteiger partial charge is 0.245 e. The van der Waals surface area contributed by atoms with Crippen molar-refractivity contribution in [3.63, 3.8) is 0 Å². The molecule has 6 atom stereocenters. The number of carbonyl (C=O) groups excluding carboxylic acids is 10. The Hall–Kier alpha value is -4.28. The number of likely N-dealkylation sites (N-methyl/N-ethyl adjacent to an activating group) is 3. The van der Waals surface area contributed by atoms with Gasteiger partial charge >= 0.3 is 0 Å². The van der Waals surface area contributed by atoms with Gasteiger partial charge in [0.05, 0.1) is 51.1 Å². The topological polar surface area (TPSA) is 388 Å². The van der Waals surface area contributed by atoms with E-state index in [0.717, 1.165) is 11.8 Å². The van der Waals surface area contributed by atoms with E-state index in [4.69, 9.17) is 15.3 Å². The second-order valence-corrected chi connectivity index (χ2v) is 12.9. The minimum atomic E-state index is -1.49. The van der Waals surface area contributed by atoms with Crippen LogP contribution in [0.4, 0.5) is 0 Å². The van der Waals surface area contributed by atoms with Gasteiger partial charge in [-0.3, -0.25) is 43.2 Å². The van der Waals surface area contributed by atoms with Crippen LogP contribution in [-0.2, 0) is 47.9 Å². The van der Waals surface area contributed by atoms with E-state index >= 15 is 0 Å². The maximum Gasteiger partial charge on any atom is 0.245 e. The maximum absolute atomic E-state index is 12.1. The lowest BCUT2D eigenvalue weighted by atomic mass is 10.2. The van der Waals surface area contributed by atoms with Gasteiger partial charge in [-0.1, -0.05) is 51.2 Å². The van der Waals surface area contributed by atoms with Crippen molar-refractivity contribution in [3.05, 3.63) is 0 Å². The molecule has 0 rings (SSSR count). The number of thioether (sulfide) groups is 2. The van der Waals surface area contributed by atoms with Crippen molar-refractivity contribution >= 4 is 81.4 Å². The molecule has 350 valence electrons. The first-order chi connectivity index (χ1) is 28.4. The Morgan fingerprint density at radius 2 is 0.817 bits per heavy atom. The van der Waals surface area contributed by atoms with Gasteiger partial charge in [0.1, 0.15) is 42.5 Å². The number of rotatable bonds is 23. The van der Waals surface area contributed by atoms with Crippen molar-refractivity contribution in [2.45, 2.75) is 84.7 Å². The zero-order valence-corrected chi connectivity index (χ0v) is 37.1. The second-order valence-electron chi connectivity index (χ2n) is 10.6. The van der Waals surface area contributed by atoms with Gasteiger partial charge in [0, 0.05) is 27.4 Å². The summed E-state index contributed by atoms with van der Waals surface area (Å²) in [4.78, 5) is 113. The number of carbonyl (C=O) groups is 10. The van der Waals surface area contributed by atoms with Crippen molar-refractivity contribution in [3.8, 4) is 0 Å². The van der Waals surface area contributed by atoms with Gasteiger partial charge in [0.2, 0.25) is 41.4 Å². The van der Waals surface area contributed by atoms with Gasteiger partial charge in [-0.15, -0.1) is 0 Å². The van der Waals surface area contributed by atoms with Crippen molar-refractivity contribution in [1.82, 2.24) is 42.5 Å². The molecule has 0 saturated carbocycles. The maximum atomic E-state index is 12.1. The number of nitrogens with one attached hydrogen (secondary N) is 8. The molecule has 0 heterocycles. The molecule has 0 aromatic rings. The van der Waals surface area contributed by atoms with Gasteiger partial charge in [-0.05, 0) is 14.0 Å². The highest BCUT2D eigenvalue weighted by molar-refractivity contribution is 8.14. The fourth-order valence-corrected chi connectivity index (χ4v) is 4.11. The number of aliphatic hydroxyl groups excluding tert-OH is 6. The lowest BCUT2D eigenvalue weighted by molar-refractivity contribution is -0.135. The molecule has 14 N–H and O–H groups in total. The molecule has 0 aliphatic heterocycles. The Balaban J connectivity index is -0.000000276. The van der Waals surface area contributed by atoms with E-state index in [0.29, 0.717) is 18.0 Å². The van der Waals surface area contributed by atoms with Crippen LogP contribution in [0.1, 0.15) is 48.5 Å². The summed E-state index contributed by atoms with van der Waals surface area (Å²) in [5.74, 6) is -5.34. The van der Waals surface area contributed by atoms with Crippen LogP contribution in [0.25, 0.3) is 0 Å². The number of aliphatic hydroxyl groups is 6. The van der Waals surface area contributed by atoms with Crippen LogP contribution in [0.15, 0.2) is 0 Å². The molecule has 0 saturated heterocycles. The van der Waals surface area contributed by atoms with E-state index in [1.165, 1.54) is 27.9 Å². The van der Waals surface area contributed by atoms with Crippen LogP contribution >= 0.6 is 23.5 Å². The van der Waals surface area contributed by atoms with E-state index in [9.17, 15) is 63.3 Å². The van der Waals surface area contributed by atoms with Crippen LogP contribution in [0.3, 0.4) is 0 Å². The number of aldehydes is 1. The SMILES string of the molecule is CC.CC.CC(=O)SCC=O.CCNC(=O)[C@H](CO)NC(=O)C(CO)NC(=O)[C@H](CO)NC(=O)CSC(C)=O.CNC(=O)C(CO)NC(=O)[C@@H](CO)NC(=O)C(CO)NC. The number of hydrogen-bond acceptors (Lipinski definition) is 19. The summed E-state index contributed by atoms with van der Waals surface area (Å²) in [6.45, 7) is 8.46. The highest BCUT2D eigenvalue weighted by atomic mass is 32.2. The summed E-state index contributed by atoms with van der Waals surface area (Å²) in [6, 6.07) is -7.62. The van der Waals surface area contributed by atoms with E-state index in [-0.39, 0.29) is 28.3 Å². The molecule has 0 aromatic carbocycles. The highest BCUT2D eigenvalue weighted by Crippen LogP contribution is 2.00. The molecule has 0 fully saturated rings. The quantitative estimate of drug-likeness (QED) is 0.0424. The predicted octanol–water partition coefficient (Wildman–Crippen LogP) is -6.38. The fourth-order valence-electron chi connectivity index (χ4n) is 3.39.